The molecule has 1 atom stereocenters. The lowest BCUT2D eigenvalue weighted by molar-refractivity contribution is -0.141. The van der Waals surface area contributed by atoms with Gasteiger partial charge in [-0.2, -0.15) is 0 Å². The molecule has 4 rings (SSSR count). The molecule has 1 aliphatic heterocycles. The van der Waals surface area contributed by atoms with Crippen LogP contribution in [0.2, 0.25) is 10.0 Å². The number of nitrogens with zero attached hydrogens (tertiary/aromatic N) is 2. The van der Waals surface area contributed by atoms with Gasteiger partial charge in [0.15, 0.2) is 11.5 Å². The van der Waals surface area contributed by atoms with Crippen LogP contribution in [-0.4, -0.2) is 63.2 Å². The second-order valence-electron chi connectivity index (χ2n) is 10.5. The Labute approximate surface area is 252 Å². The molecule has 41 heavy (non-hydrogen) atoms. The molecule has 0 saturated heterocycles. The second kappa shape index (κ2) is 14.0. The van der Waals surface area contributed by atoms with Crippen molar-refractivity contribution in [2.75, 3.05) is 30.3 Å². The summed E-state index contributed by atoms with van der Waals surface area (Å²) in [6.45, 7) is 2.70. The van der Waals surface area contributed by atoms with E-state index in [0.29, 0.717) is 46.0 Å². The average Bonchev–Trinajstić information content (AvgIpc) is 2.94. The normalized spacial score (nSPS) is 16.1. The number of carbonyl (C=O) groups is 2. The van der Waals surface area contributed by atoms with Crippen molar-refractivity contribution in [2.24, 2.45) is 0 Å². The lowest BCUT2D eigenvalue weighted by Gasteiger charge is -2.32. The van der Waals surface area contributed by atoms with E-state index in [4.69, 9.17) is 32.7 Å². The van der Waals surface area contributed by atoms with Crippen LogP contribution in [0.15, 0.2) is 36.4 Å². The summed E-state index contributed by atoms with van der Waals surface area (Å²) in [5.74, 6) is 0.533. The van der Waals surface area contributed by atoms with E-state index in [1.807, 2.05) is 0 Å². The van der Waals surface area contributed by atoms with Gasteiger partial charge in [-0.25, -0.2) is 8.42 Å². The second-order valence-corrected chi connectivity index (χ2v) is 13.3. The molecule has 2 amide bonds. The minimum Gasteiger partial charge on any atom is -0.486 e. The van der Waals surface area contributed by atoms with Gasteiger partial charge in [-0.05, 0) is 56.0 Å². The number of sulfonamides is 1. The van der Waals surface area contributed by atoms with Gasteiger partial charge in [0.1, 0.15) is 19.3 Å². The highest BCUT2D eigenvalue weighted by molar-refractivity contribution is 7.92. The van der Waals surface area contributed by atoms with Crippen LogP contribution in [0.4, 0.5) is 5.69 Å². The van der Waals surface area contributed by atoms with Crippen molar-refractivity contribution in [3.05, 3.63) is 52.0 Å². The fraction of sp³-hybridized carbons (Fsp3) is 0.517. The number of amides is 2. The maximum atomic E-state index is 13.6. The number of hydrogen-bond acceptors (Lipinski definition) is 6. The van der Waals surface area contributed by atoms with Gasteiger partial charge in [-0.1, -0.05) is 48.5 Å². The average molecular weight is 627 g/mol. The van der Waals surface area contributed by atoms with Gasteiger partial charge in [0, 0.05) is 41.7 Å². The highest BCUT2D eigenvalue weighted by atomic mass is 35.5. The summed E-state index contributed by atoms with van der Waals surface area (Å²) >= 11 is 12.5. The molecule has 224 valence electrons. The highest BCUT2D eigenvalue weighted by Gasteiger charge is 2.29. The molecular formula is C29H37Cl2N3O6S. The standard InChI is InChI=1S/C29H37Cl2N3O6S/c1-20(29(36)32-23-7-4-3-5-8-23)33(19-21-10-11-22(30)17-25(21)31)28(35)9-6-14-34(41(2,37)38)24-12-13-26-27(18-24)40-16-15-39-26/h10-13,17-18,20,23H,3-9,14-16,19H2,1-2H3,(H,32,36). The van der Waals surface area contributed by atoms with Crippen LogP contribution in [0.3, 0.4) is 0 Å². The summed E-state index contributed by atoms with van der Waals surface area (Å²) in [5, 5.41) is 3.98. The van der Waals surface area contributed by atoms with Crippen molar-refractivity contribution in [3.63, 3.8) is 0 Å². The third kappa shape index (κ3) is 8.42. The minimum atomic E-state index is -3.65. The SMILES string of the molecule is CC(C(=O)NC1CCCCC1)N(Cc1ccc(Cl)cc1Cl)C(=O)CCCN(c1ccc2c(c1)OCCO2)S(C)(=O)=O. The number of ether oxygens (including phenoxy) is 2. The van der Waals surface area contributed by atoms with Crippen LogP contribution in [0.5, 0.6) is 11.5 Å². The van der Waals surface area contributed by atoms with E-state index in [-0.39, 0.29) is 43.8 Å². The van der Waals surface area contributed by atoms with E-state index in [1.165, 1.54) is 15.6 Å². The molecule has 9 nitrogen and oxygen atoms in total. The number of benzene rings is 2. The zero-order valence-corrected chi connectivity index (χ0v) is 25.7. The first-order valence-corrected chi connectivity index (χ1v) is 16.5. The lowest BCUT2D eigenvalue weighted by atomic mass is 9.95. The third-order valence-corrected chi connectivity index (χ3v) is 9.22. The summed E-state index contributed by atoms with van der Waals surface area (Å²) in [7, 11) is -3.65. The van der Waals surface area contributed by atoms with Crippen LogP contribution in [0.25, 0.3) is 0 Å². The Kier molecular flexibility index (Phi) is 10.7. The summed E-state index contributed by atoms with van der Waals surface area (Å²) < 4.78 is 37.8. The Bertz CT molecular complexity index is 1350. The Hall–Kier alpha value is -2.69. The molecule has 2 aromatic carbocycles. The zero-order valence-electron chi connectivity index (χ0n) is 23.4. The molecule has 0 radical (unpaired) electrons. The van der Waals surface area contributed by atoms with E-state index >= 15 is 0 Å². The van der Waals surface area contributed by atoms with Gasteiger partial charge in [0.25, 0.3) is 0 Å². The Morgan fingerprint density at radius 2 is 1.73 bits per heavy atom. The number of rotatable bonds is 11. The molecule has 0 bridgehead atoms. The maximum absolute atomic E-state index is 13.6. The molecule has 1 N–H and O–H groups in total. The quantitative estimate of drug-likeness (QED) is 0.369. The maximum Gasteiger partial charge on any atom is 0.242 e. The third-order valence-electron chi connectivity index (χ3n) is 7.44. The molecular weight excluding hydrogens is 589 g/mol. The Balaban J connectivity index is 1.47. The van der Waals surface area contributed by atoms with Crippen LogP contribution in [-0.2, 0) is 26.2 Å². The molecule has 1 unspecified atom stereocenters. The number of fused-ring (bicyclic) bond motifs is 1. The number of anilines is 1. The topological polar surface area (TPSA) is 105 Å². The summed E-state index contributed by atoms with van der Waals surface area (Å²) in [6.07, 6.45) is 6.56. The number of hydrogen-bond donors (Lipinski definition) is 1. The van der Waals surface area contributed by atoms with E-state index < -0.39 is 16.1 Å². The highest BCUT2D eigenvalue weighted by Crippen LogP contribution is 2.35. The van der Waals surface area contributed by atoms with Gasteiger partial charge in [0.2, 0.25) is 21.8 Å². The minimum absolute atomic E-state index is 0.0306. The van der Waals surface area contributed by atoms with Gasteiger partial charge >= 0.3 is 0 Å². The van der Waals surface area contributed by atoms with E-state index in [2.05, 4.69) is 5.32 Å². The van der Waals surface area contributed by atoms with Gasteiger partial charge in [-0.3, -0.25) is 13.9 Å². The summed E-state index contributed by atoms with van der Waals surface area (Å²) in [5.41, 5.74) is 1.09. The van der Waals surface area contributed by atoms with Crippen molar-refractivity contribution in [1.29, 1.82) is 0 Å². The molecule has 1 saturated carbocycles. The number of nitrogens with one attached hydrogen (secondary N) is 1. The van der Waals surface area contributed by atoms with Crippen molar-refractivity contribution < 1.29 is 27.5 Å². The van der Waals surface area contributed by atoms with Gasteiger partial charge in [0.05, 0.1) is 11.9 Å². The smallest absolute Gasteiger partial charge is 0.242 e. The van der Waals surface area contributed by atoms with Crippen LogP contribution >= 0.6 is 23.2 Å². The largest absolute Gasteiger partial charge is 0.486 e. The molecule has 2 aromatic rings. The van der Waals surface area contributed by atoms with Crippen LogP contribution in [0.1, 0.15) is 57.4 Å². The fourth-order valence-corrected chi connectivity index (χ4v) is 6.60. The van der Waals surface area contributed by atoms with Gasteiger partial charge < -0.3 is 19.7 Å². The fourth-order valence-electron chi connectivity index (χ4n) is 5.18. The van der Waals surface area contributed by atoms with Crippen LogP contribution < -0.4 is 19.1 Å². The zero-order chi connectivity index (χ0) is 29.6. The van der Waals surface area contributed by atoms with Crippen molar-refractivity contribution in [2.45, 2.75) is 70.5 Å². The van der Waals surface area contributed by atoms with Crippen LogP contribution in [0, 0.1) is 0 Å². The van der Waals surface area contributed by atoms with Gasteiger partial charge in [-0.15, -0.1) is 0 Å². The van der Waals surface area contributed by atoms with E-state index in [0.717, 1.165) is 31.9 Å². The predicted octanol–water partition coefficient (Wildman–Crippen LogP) is 5.18. The molecule has 12 heteroatoms. The molecule has 1 aliphatic carbocycles. The van der Waals surface area contributed by atoms with Crippen molar-refractivity contribution in [3.8, 4) is 11.5 Å². The lowest BCUT2D eigenvalue weighted by Crippen LogP contribution is -2.50. The number of carbonyl (C=O) groups excluding carboxylic acids is 2. The molecule has 1 fully saturated rings. The van der Waals surface area contributed by atoms with Crippen molar-refractivity contribution in [1.82, 2.24) is 10.2 Å². The Morgan fingerprint density at radius 1 is 1.02 bits per heavy atom. The molecule has 2 aliphatic rings. The summed E-state index contributed by atoms with van der Waals surface area (Å²) in [4.78, 5) is 28.3. The molecule has 0 aromatic heterocycles. The monoisotopic (exact) mass is 625 g/mol. The first-order chi connectivity index (χ1) is 19.5. The Morgan fingerprint density at radius 3 is 2.41 bits per heavy atom. The first-order valence-electron chi connectivity index (χ1n) is 13.9. The summed E-state index contributed by atoms with van der Waals surface area (Å²) in [6, 6.07) is 9.35. The predicted molar refractivity (Wildman–Crippen MR) is 160 cm³/mol. The van der Waals surface area contributed by atoms with Crippen molar-refractivity contribution >= 4 is 50.7 Å². The first kappa shape index (κ1) is 31.3. The van der Waals surface area contributed by atoms with E-state index in [1.54, 1.807) is 43.3 Å². The molecule has 1 heterocycles. The van der Waals surface area contributed by atoms with E-state index in [9.17, 15) is 18.0 Å². The molecule has 0 spiro atoms. The number of halogens is 2.